The van der Waals surface area contributed by atoms with Crippen molar-refractivity contribution < 1.29 is 8.42 Å². The summed E-state index contributed by atoms with van der Waals surface area (Å²) in [5.41, 5.74) is 2.41. The molecule has 0 aliphatic heterocycles. The quantitative estimate of drug-likeness (QED) is 0.687. The highest BCUT2D eigenvalue weighted by Crippen LogP contribution is 2.29. The molecule has 0 spiro atoms. The SMILES string of the molecule is Cc1cc(NS(=O)(=O)c2ccc(Br)cc2Cl)cc(C)c1Br. The van der Waals surface area contributed by atoms with E-state index in [-0.39, 0.29) is 9.92 Å². The van der Waals surface area contributed by atoms with Gasteiger partial charge in [0, 0.05) is 14.6 Å². The fourth-order valence-corrected chi connectivity index (χ4v) is 4.22. The monoisotopic (exact) mass is 451 g/mol. The van der Waals surface area contributed by atoms with Gasteiger partial charge in [-0.1, -0.05) is 43.5 Å². The number of hydrogen-bond donors (Lipinski definition) is 1. The zero-order valence-electron chi connectivity index (χ0n) is 11.2. The lowest BCUT2D eigenvalue weighted by atomic mass is 10.1. The normalized spacial score (nSPS) is 11.5. The van der Waals surface area contributed by atoms with E-state index in [9.17, 15) is 8.42 Å². The zero-order valence-corrected chi connectivity index (χ0v) is 16.0. The minimum atomic E-state index is -3.73. The van der Waals surface area contributed by atoms with Crippen LogP contribution in [-0.4, -0.2) is 8.42 Å². The molecule has 1 N–H and O–H groups in total. The van der Waals surface area contributed by atoms with Gasteiger partial charge in [0.15, 0.2) is 0 Å². The van der Waals surface area contributed by atoms with E-state index in [1.54, 1.807) is 24.3 Å². The molecule has 0 heterocycles. The van der Waals surface area contributed by atoms with Gasteiger partial charge >= 0.3 is 0 Å². The molecule has 0 atom stereocenters. The first-order chi connectivity index (χ1) is 9.70. The molecular formula is C14H12Br2ClNO2S. The van der Waals surface area contributed by atoms with Crippen LogP contribution in [0.1, 0.15) is 11.1 Å². The summed E-state index contributed by atoms with van der Waals surface area (Å²) in [6.07, 6.45) is 0. The van der Waals surface area contributed by atoms with E-state index < -0.39 is 10.0 Å². The highest BCUT2D eigenvalue weighted by atomic mass is 79.9. The van der Waals surface area contributed by atoms with Crippen molar-refractivity contribution in [2.75, 3.05) is 4.72 Å². The Morgan fingerprint density at radius 2 is 1.62 bits per heavy atom. The minimum Gasteiger partial charge on any atom is -0.280 e. The molecule has 0 bridgehead atoms. The Kier molecular flexibility index (Phi) is 5.03. The fraction of sp³-hybridized carbons (Fsp3) is 0.143. The van der Waals surface area contributed by atoms with Gasteiger partial charge in [0.2, 0.25) is 0 Å². The smallest absolute Gasteiger partial charge is 0.263 e. The molecule has 7 heteroatoms. The predicted octanol–water partition coefficient (Wildman–Crippen LogP) is 5.28. The predicted molar refractivity (Wildman–Crippen MR) is 93.6 cm³/mol. The van der Waals surface area contributed by atoms with Crippen molar-refractivity contribution in [1.82, 2.24) is 0 Å². The van der Waals surface area contributed by atoms with Crippen molar-refractivity contribution in [3.63, 3.8) is 0 Å². The first kappa shape index (κ1) is 16.8. The van der Waals surface area contributed by atoms with Crippen LogP contribution < -0.4 is 4.72 Å². The summed E-state index contributed by atoms with van der Waals surface area (Å²) in [5, 5.41) is 0.169. The molecule has 21 heavy (non-hydrogen) atoms. The summed E-state index contributed by atoms with van der Waals surface area (Å²) in [6, 6.07) is 8.18. The Bertz CT molecular complexity index is 784. The van der Waals surface area contributed by atoms with Gasteiger partial charge in [0.05, 0.1) is 5.02 Å². The first-order valence-corrected chi connectivity index (χ1v) is 9.40. The number of benzene rings is 2. The van der Waals surface area contributed by atoms with E-state index >= 15 is 0 Å². The number of sulfonamides is 1. The Hall–Kier alpha value is -0.560. The number of anilines is 1. The summed E-state index contributed by atoms with van der Waals surface area (Å²) in [6.45, 7) is 3.81. The molecule has 0 amide bonds. The Balaban J connectivity index is 2.42. The van der Waals surface area contributed by atoms with Crippen LogP contribution in [0.5, 0.6) is 0 Å². The van der Waals surface area contributed by atoms with Crippen molar-refractivity contribution in [2.45, 2.75) is 18.7 Å². The molecule has 2 aromatic carbocycles. The van der Waals surface area contributed by atoms with E-state index in [1.165, 1.54) is 6.07 Å². The third-order valence-corrected chi connectivity index (χ3v) is 6.48. The first-order valence-electron chi connectivity index (χ1n) is 5.95. The third kappa shape index (κ3) is 3.80. The lowest BCUT2D eigenvalue weighted by molar-refractivity contribution is 0.601. The van der Waals surface area contributed by atoms with E-state index in [0.29, 0.717) is 5.69 Å². The summed E-state index contributed by atoms with van der Waals surface area (Å²) in [5.74, 6) is 0. The van der Waals surface area contributed by atoms with E-state index in [2.05, 4.69) is 36.6 Å². The minimum absolute atomic E-state index is 0.0468. The molecule has 2 rings (SSSR count). The summed E-state index contributed by atoms with van der Waals surface area (Å²) < 4.78 is 29.1. The molecule has 0 aliphatic carbocycles. The van der Waals surface area contributed by atoms with Crippen molar-refractivity contribution in [2.24, 2.45) is 0 Å². The van der Waals surface area contributed by atoms with E-state index in [4.69, 9.17) is 11.6 Å². The molecule has 3 nitrogen and oxygen atoms in total. The van der Waals surface area contributed by atoms with Crippen LogP contribution in [0, 0.1) is 13.8 Å². The third-order valence-electron chi connectivity index (χ3n) is 2.87. The molecule has 0 fully saturated rings. The van der Waals surface area contributed by atoms with Crippen LogP contribution in [-0.2, 0) is 10.0 Å². The van der Waals surface area contributed by atoms with Gasteiger partial charge < -0.3 is 0 Å². The van der Waals surface area contributed by atoms with Crippen LogP contribution in [0.3, 0.4) is 0 Å². The van der Waals surface area contributed by atoms with Gasteiger partial charge in [-0.25, -0.2) is 8.42 Å². The Labute approximate surface area is 146 Å². The highest BCUT2D eigenvalue weighted by molar-refractivity contribution is 9.10. The van der Waals surface area contributed by atoms with Gasteiger partial charge in [-0.15, -0.1) is 0 Å². The average Bonchev–Trinajstić information content (AvgIpc) is 2.34. The average molecular weight is 454 g/mol. The zero-order chi connectivity index (χ0) is 15.8. The van der Waals surface area contributed by atoms with Gasteiger partial charge in [-0.2, -0.15) is 0 Å². The summed E-state index contributed by atoms with van der Waals surface area (Å²) in [7, 11) is -3.73. The van der Waals surface area contributed by atoms with Crippen LogP contribution in [0.2, 0.25) is 5.02 Å². The number of halogens is 3. The van der Waals surface area contributed by atoms with E-state index in [0.717, 1.165) is 20.1 Å². The standard InChI is InChI=1S/C14H12Br2ClNO2S/c1-8-5-11(6-9(2)14(8)16)18-21(19,20)13-4-3-10(15)7-12(13)17/h3-7,18H,1-2H3. The molecule has 2 aromatic rings. The molecule has 0 saturated heterocycles. The highest BCUT2D eigenvalue weighted by Gasteiger charge is 2.18. The van der Waals surface area contributed by atoms with Crippen LogP contribution in [0.25, 0.3) is 0 Å². The largest absolute Gasteiger partial charge is 0.280 e. The maximum absolute atomic E-state index is 12.4. The van der Waals surface area contributed by atoms with Crippen molar-refractivity contribution in [3.8, 4) is 0 Å². The van der Waals surface area contributed by atoms with Gasteiger partial charge in [0.1, 0.15) is 4.90 Å². The lowest BCUT2D eigenvalue weighted by Gasteiger charge is -2.12. The second-order valence-corrected chi connectivity index (χ2v) is 8.37. The van der Waals surface area contributed by atoms with Crippen molar-refractivity contribution in [3.05, 3.63) is 55.4 Å². The molecular weight excluding hydrogens is 441 g/mol. The van der Waals surface area contributed by atoms with Crippen molar-refractivity contribution >= 4 is 59.2 Å². The fourth-order valence-electron chi connectivity index (χ4n) is 1.91. The molecule has 0 radical (unpaired) electrons. The molecule has 0 saturated carbocycles. The topological polar surface area (TPSA) is 46.2 Å². The van der Waals surface area contributed by atoms with Crippen LogP contribution >= 0.6 is 43.5 Å². The number of hydrogen-bond acceptors (Lipinski definition) is 2. The van der Waals surface area contributed by atoms with Crippen LogP contribution in [0.15, 0.2) is 44.2 Å². The van der Waals surface area contributed by atoms with Crippen LogP contribution in [0.4, 0.5) is 5.69 Å². The molecule has 112 valence electrons. The second-order valence-electron chi connectivity index (χ2n) is 4.60. The van der Waals surface area contributed by atoms with Gasteiger partial charge in [0.25, 0.3) is 10.0 Å². The van der Waals surface area contributed by atoms with Crippen molar-refractivity contribution in [1.29, 1.82) is 0 Å². The second kappa shape index (κ2) is 6.28. The molecule has 0 unspecified atom stereocenters. The molecule has 0 aliphatic rings. The number of aryl methyl sites for hydroxylation is 2. The van der Waals surface area contributed by atoms with Gasteiger partial charge in [-0.05, 0) is 55.3 Å². The lowest BCUT2D eigenvalue weighted by Crippen LogP contribution is -2.13. The number of nitrogens with one attached hydrogen (secondary N) is 1. The summed E-state index contributed by atoms with van der Waals surface area (Å²) in [4.78, 5) is 0.0468. The maximum Gasteiger partial charge on any atom is 0.263 e. The number of rotatable bonds is 3. The van der Waals surface area contributed by atoms with Gasteiger partial charge in [-0.3, -0.25) is 4.72 Å². The van der Waals surface area contributed by atoms with E-state index in [1.807, 2.05) is 13.8 Å². The maximum atomic E-state index is 12.4. The Morgan fingerprint density at radius 3 is 2.14 bits per heavy atom. The molecule has 0 aromatic heterocycles. The summed E-state index contributed by atoms with van der Waals surface area (Å²) >= 11 is 12.7. The Morgan fingerprint density at radius 1 is 1.05 bits per heavy atom.